The molecule has 3 heteroatoms. The van der Waals surface area contributed by atoms with Crippen LogP contribution >= 0.6 is 0 Å². The van der Waals surface area contributed by atoms with Crippen molar-refractivity contribution < 1.29 is 8.85 Å². The van der Waals surface area contributed by atoms with Gasteiger partial charge >= 0.3 is 8.56 Å². The van der Waals surface area contributed by atoms with E-state index in [1.807, 2.05) is 30.8 Å². The molecular weight excluding hydrogens is 168 g/mol. The van der Waals surface area contributed by atoms with Gasteiger partial charge < -0.3 is 8.85 Å². The topological polar surface area (TPSA) is 18.5 Å². The van der Waals surface area contributed by atoms with Crippen LogP contribution in [0.25, 0.3) is 0 Å². The van der Waals surface area contributed by atoms with E-state index in [-0.39, 0.29) is 0 Å². The minimum atomic E-state index is -2.13. The van der Waals surface area contributed by atoms with Gasteiger partial charge in [0.05, 0.1) is 0 Å². The summed E-state index contributed by atoms with van der Waals surface area (Å²) < 4.78 is 10.7. The fraction of sp³-hybridized carbons (Fsp3) is 0.333. The van der Waals surface area contributed by atoms with Gasteiger partial charge in [0.15, 0.2) is 0 Å². The van der Waals surface area contributed by atoms with Gasteiger partial charge in [0.1, 0.15) is 0 Å². The van der Waals surface area contributed by atoms with Crippen molar-refractivity contribution in [2.75, 3.05) is 14.2 Å². The predicted octanol–water partition coefficient (Wildman–Crippen LogP) is 1.06. The Balaban J connectivity index is 2.95. The SMILES string of the molecule is CO[Si](C)(OC)c1[c]cccc1. The molecule has 0 unspecified atom stereocenters. The van der Waals surface area contributed by atoms with Crippen LogP contribution in [-0.2, 0) is 8.85 Å². The Labute approximate surface area is 74.4 Å². The normalized spacial score (nSPS) is 11.6. The van der Waals surface area contributed by atoms with Gasteiger partial charge in [-0.2, -0.15) is 0 Å². The van der Waals surface area contributed by atoms with E-state index in [9.17, 15) is 0 Å². The second kappa shape index (κ2) is 3.84. The zero-order chi connectivity index (χ0) is 9.03. The molecule has 0 aliphatic carbocycles. The van der Waals surface area contributed by atoms with Crippen LogP contribution in [0.3, 0.4) is 0 Å². The van der Waals surface area contributed by atoms with E-state index in [1.165, 1.54) is 0 Å². The Bertz CT molecular complexity index is 232. The molecule has 65 valence electrons. The van der Waals surface area contributed by atoms with Crippen LogP contribution in [0.2, 0.25) is 6.55 Å². The summed E-state index contributed by atoms with van der Waals surface area (Å²) in [5, 5.41) is 1.04. The molecule has 0 heterocycles. The third-order valence-electron chi connectivity index (χ3n) is 1.98. The molecule has 1 rings (SSSR count). The smallest absolute Gasteiger partial charge is 0.369 e. The average molecular weight is 181 g/mol. The van der Waals surface area contributed by atoms with Crippen LogP contribution in [0, 0.1) is 6.07 Å². The van der Waals surface area contributed by atoms with Gasteiger partial charge in [0.2, 0.25) is 0 Å². The molecule has 1 radical (unpaired) electrons. The van der Waals surface area contributed by atoms with Crippen LogP contribution in [0.15, 0.2) is 24.3 Å². The molecular formula is C9H13O2Si. The van der Waals surface area contributed by atoms with Crippen LogP contribution in [0.4, 0.5) is 0 Å². The molecule has 1 aromatic rings. The highest BCUT2D eigenvalue weighted by Crippen LogP contribution is 2.03. The highest BCUT2D eigenvalue weighted by Gasteiger charge is 2.31. The van der Waals surface area contributed by atoms with Crippen molar-refractivity contribution in [1.82, 2.24) is 0 Å². The van der Waals surface area contributed by atoms with E-state index in [2.05, 4.69) is 6.07 Å². The maximum Gasteiger partial charge on any atom is 0.369 e. The second-order valence-corrected chi connectivity index (χ2v) is 5.88. The first-order valence-corrected chi connectivity index (χ1v) is 6.12. The predicted molar refractivity (Wildman–Crippen MR) is 50.5 cm³/mol. The van der Waals surface area contributed by atoms with Gasteiger partial charge in [-0.25, -0.2) is 0 Å². The minimum absolute atomic E-state index is 1.04. The third kappa shape index (κ3) is 1.74. The first kappa shape index (κ1) is 9.44. The third-order valence-corrected chi connectivity index (χ3v) is 4.82. The molecule has 0 fully saturated rings. The molecule has 12 heavy (non-hydrogen) atoms. The summed E-state index contributed by atoms with van der Waals surface area (Å²) in [6.45, 7) is 2.00. The second-order valence-electron chi connectivity index (χ2n) is 2.63. The molecule has 0 spiro atoms. The lowest BCUT2D eigenvalue weighted by atomic mass is 10.4. The van der Waals surface area contributed by atoms with Gasteiger partial charge in [-0.1, -0.05) is 24.3 Å². The van der Waals surface area contributed by atoms with E-state index >= 15 is 0 Å². The maximum atomic E-state index is 5.36. The summed E-state index contributed by atoms with van der Waals surface area (Å²) in [5.41, 5.74) is 0. The Hall–Kier alpha value is -0.643. The maximum absolute atomic E-state index is 5.36. The lowest BCUT2D eigenvalue weighted by Gasteiger charge is -2.22. The fourth-order valence-corrected chi connectivity index (χ4v) is 2.33. The molecule has 0 amide bonds. The van der Waals surface area contributed by atoms with E-state index in [0.717, 1.165) is 5.19 Å². The molecule has 0 saturated carbocycles. The summed E-state index contributed by atoms with van der Waals surface area (Å²) in [5.74, 6) is 0. The first-order valence-electron chi connectivity index (χ1n) is 3.80. The van der Waals surface area contributed by atoms with Crippen LogP contribution in [0.5, 0.6) is 0 Å². The highest BCUT2D eigenvalue weighted by atomic mass is 28.4. The molecule has 2 nitrogen and oxygen atoms in total. The molecule has 0 aliphatic heterocycles. The molecule has 0 atom stereocenters. The quantitative estimate of drug-likeness (QED) is 0.649. The van der Waals surface area contributed by atoms with Crippen molar-refractivity contribution in [1.29, 1.82) is 0 Å². The van der Waals surface area contributed by atoms with Crippen molar-refractivity contribution in [2.24, 2.45) is 0 Å². The summed E-state index contributed by atoms with van der Waals surface area (Å²) >= 11 is 0. The largest absolute Gasteiger partial charge is 0.394 e. The molecule has 1 aromatic carbocycles. The summed E-state index contributed by atoms with van der Waals surface area (Å²) in [6.07, 6.45) is 0. The number of benzene rings is 1. The Morgan fingerprint density at radius 3 is 2.33 bits per heavy atom. The first-order chi connectivity index (χ1) is 5.73. The van der Waals surface area contributed by atoms with Gasteiger partial charge in [0, 0.05) is 19.4 Å². The number of rotatable bonds is 3. The summed E-state index contributed by atoms with van der Waals surface area (Å²) in [4.78, 5) is 0. The zero-order valence-corrected chi connectivity index (χ0v) is 8.63. The fourth-order valence-electron chi connectivity index (χ4n) is 0.979. The Kier molecular flexibility index (Phi) is 3.03. The zero-order valence-electron chi connectivity index (χ0n) is 7.63. The van der Waals surface area contributed by atoms with Crippen molar-refractivity contribution in [3.63, 3.8) is 0 Å². The van der Waals surface area contributed by atoms with Gasteiger partial charge in [-0.05, 0) is 12.6 Å². The van der Waals surface area contributed by atoms with Crippen LogP contribution in [-0.4, -0.2) is 22.8 Å². The Morgan fingerprint density at radius 1 is 1.25 bits per heavy atom. The molecule has 0 N–H and O–H groups in total. The molecule has 0 aliphatic rings. The summed E-state index contributed by atoms with van der Waals surface area (Å²) in [6, 6.07) is 10.9. The van der Waals surface area contributed by atoms with Gasteiger partial charge in [-0.3, -0.25) is 0 Å². The number of hydrogen-bond acceptors (Lipinski definition) is 2. The van der Waals surface area contributed by atoms with Crippen molar-refractivity contribution >= 4 is 13.7 Å². The van der Waals surface area contributed by atoms with Crippen molar-refractivity contribution in [2.45, 2.75) is 6.55 Å². The molecule has 0 saturated heterocycles. The molecule has 0 aromatic heterocycles. The van der Waals surface area contributed by atoms with E-state index in [1.54, 1.807) is 14.2 Å². The van der Waals surface area contributed by atoms with Gasteiger partial charge in [0.25, 0.3) is 0 Å². The van der Waals surface area contributed by atoms with Crippen molar-refractivity contribution in [3.05, 3.63) is 30.3 Å². The standard InChI is InChI=1S/C9H13O2Si/c1-10-12(3,11-2)9-7-5-4-6-8-9/h4-7H,1-3H3. The number of hydrogen-bond donors (Lipinski definition) is 0. The lowest BCUT2D eigenvalue weighted by molar-refractivity contribution is 0.265. The minimum Gasteiger partial charge on any atom is -0.394 e. The summed E-state index contributed by atoms with van der Waals surface area (Å²) in [7, 11) is 1.23. The lowest BCUT2D eigenvalue weighted by Crippen LogP contribution is -2.49. The Morgan fingerprint density at radius 2 is 1.92 bits per heavy atom. The van der Waals surface area contributed by atoms with E-state index < -0.39 is 8.56 Å². The van der Waals surface area contributed by atoms with Crippen LogP contribution < -0.4 is 5.19 Å². The highest BCUT2D eigenvalue weighted by molar-refractivity contribution is 6.79. The monoisotopic (exact) mass is 181 g/mol. The van der Waals surface area contributed by atoms with E-state index in [4.69, 9.17) is 8.85 Å². The van der Waals surface area contributed by atoms with Crippen molar-refractivity contribution in [3.8, 4) is 0 Å². The van der Waals surface area contributed by atoms with Crippen LogP contribution in [0.1, 0.15) is 0 Å². The molecule has 0 bridgehead atoms. The van der Waals surface area contributed by atoms with Gasteiger partial charge in [-0.15, -0.1) is 0 Å². The average Bonchev–Trinajstić information content (AvgIpc) is 2.18. The van der Waals surface area contributed by atoms with E-state index in [0.29, 0.717) is 0 Å².